The van der Waals surface area contributed by atoms with E-state index in [1.54, 1.807) is 50.9 Å². The number of alkyl halides is 1. The van der Waals surface area contributed by atoms with Gasteiger partial charge in [-0.1, -0.05) is 5.16 Å². The van der Waals surface area contributed by atoms with Crippen molar-refractivity contribution in [2.45, 2.75) is 32.1 Å². The monoisotopic (exact) mass is 667 g/mol. The van der Waals surface area contributed by atoms with Crippen LogP contribution >= 0.6 is 23.4 Å². The fraction of sp³-hybridized carbons (Fsp3) is 0.233. The third kappa shape index (κ3) is 7.92. The first-order chi connectivity index (χ1) is 22.0. The molecule has 4 rings (SSSR count). The van der Waals surface area contributed by atoms with E-state index in [4.69, 9.17) is 22.5 Å². The number of rotatable bonds is 13. The van der Waals surface area contributed by atoms with Gasteiger partial charge in [-0.05, 0) is 45.0 Å². The molecule has 0 saturated carbocycles. The second-order valence-corrected chi connectivity index (χ2v) is 11.7. The maximum Gasteiger partial charge on any atom is 0.272 e. The first kappa shape index (κ1) is 33.7. The van der Waals surface area contributed by atoms with Crippen LogP contribution in [0.5, 0.6) is 0 Å². The zero-order chi connectivity index (χ0) is 33.4. The van der Waals surface area contributed by atoms with Gasteiger partial charge in [-0.3, -0.25) is 19.2 Å². The van der Waals surface area contributed by atoms with Gasteiger partial charge in [-0.15, -0.1) is 23.4 Å². The van der Waals surface area contributed by atoms with Gasteiger partial charge >= 0.3 is 0 Å². The van der Waals surface area contributed by atoms with Crippen LogP contribution in [-0.4, -0.2) is 67.8 Å². The Kier molecular flexibility index (Phi) is 11.2. The molecule has 242 valence electrons. The van der Waals surface area contributed by atoms with Crippen LogP contribution in [0.4, 0.5) is 17.1 Å². The molecule has 0 radical (unpaired) electrons. The molecule has 0 aliphatic rings. The molecule has 14 nitrogen and oxygen atoms in total. The lowest BCUT2D eigenvalue weighted by molar-refractivity contribution is 0.0947. The first-order valence-corrected chi connectivity index (χ1v) is 15.6. The maximum atomic E-state index is 13.1. The van der Waals surface area contributed by atoms with E-state index in [-0.39, 0.29) is 41.8 Å². The van der Waals surface area contributed by atoms with Crippen molar-refractivity contribution in [1.29, 1.82) is 0 Å². The third-order valence-corrected chi connectivity index (χ3v) is 8.53. The Hall–Kier alpha value is -5.15. The molecular weight excluding hydrogens is 634 g/mol. The SMILES string of the molecule is Cc1c(NC(=O)c2ccc(SCCCl)cc2)c[nH]c1C(=O)Nc1c[nH]c(C(=O)Nc2c[nH]c(C(=O)NCCC(N)=NO)c2C)c1C. The molecule has 0 fully saturated rings. The molecule has 4 amide bonds. The van der Waals surface area contributed by atoms with Crippen LogP contribution in [0.3, 0.4) is 0 Å². The normalized spacial score (nSPS) is 11.3. The van der Waals surface area contributed by atoms with Gasteiger partial charge in [-0.25, -0.2) is 0 Å². The average molecular weight is 668 g/mol. The molecule has 0 atom stereocenters. The number of benzene rings is 1. The topological polar surface area (TPSA) is 222 Å². The highest BCUT2D eigenvalue weighted by Gasteiger charge is 2.22. The molecule has 4 aromatic rings. The highest BCUT2D eigenvalue weighted by Crippen LogP contribution is 2.25. The summed E-state index contributed by atoms with van der Waals surface area (Å²) in [5.74, 6) is -0.378. The van der Waals surface area contributed by atoms with Crippen molar-refractivity contribution in [1.82, 2.24) is 20.3 Å². The van der Waals surface area contributed by atoms with E-state index in [9.17, 15) is 19.2 Å². The molecule has 16 heteroatoms. The van der Waals surface area contributed by atoms with Crippen molar-refractivity contribution in [2.24, 2.45) is 10.9 Å². The Morgan fingerprint density at radius 2 is 1.24 bits per heavy atom. The number of nitrogens with two attached hydrogens (primary N) is 1. The zero-order valence-corrected chi connectivity index (χ0v) is 26.8. The van der Waals surface area contributed by atoms with Crippen LogP contribution in [0.25, 0.3) is 0 Å². The fourth-order valence-electron chi connectivity index (χ4n) is 4.45. The van der Waals surface area contributed by atoms with E-state index in [0.717, 1.165) is 10.6 Å². The van der Waals surface area contributed by atoms with E-state index in [2.05, 4.69) is 41.4 Å². The maximum absolute atomic E-state index is 13.1. The van der Waals surface area contributed by atoms with Gasteiger partial charge in [0.25, 0.3) is 23.6 Å². The first-order valence-electron chi connectivity index (χ1n) is 14.0. The molecular formula is C30H34ClN9O5S. The smallest absolute Gasteiger partial charge is 0.272 e. The van der Waals surface area contributed by atoms with E-state index < -0.39 is 17.7 Å². The number of nitrogens with one attached hydrogen (secondary N) is 7. The number of amidine groups is 1. The average Bonchev–Trinajstić information content (AvgIpc) is 3.72. The number of carbonyl (C=O) groups is 4. The highest BCUT2D eigenvalue weighted by molar-refractivity contribution is 7.99. The number of hydrogen-bond donors (Lipinski definition) is 9. The molecule has 0 unspecified atom stereocenters. The number of amides is 4. The second-order valence-electron chi connectivity index (χ2n) is 10.1. The third-order valence-electron chi connectivity index (χ3n) is 7.10. The molecule has 0 saturated heterocycles. The van der Waals surface area contributed by atoms with Gasteiger partial charge in [-0.2, -0.15) is 0 Å². The summed E-state index contributed by atoms with van der Waals surface area (Å²) in [6.45, 7) is 5.22. The summed E-state index contributed by atoms with van der Waals surface area (Å²) in [7, 11) is 0. The van der Waals surface area contributed by atoms with Crippen molar-refractivity contribution >= 4 is 69.9 Å². The minimum Gasteiger partial charge on any atom is -0.409 e. The van der Waals surface area contributed by atoms with Crippen molar-refractivity contribution < 1.29 is 24.4 Å². The Balaban J connectivity index is 1.36. The molecule has 0 spiro atoms. The number of anilines is 3. The molecule has 1 aromatic carbocycles. The summed E-state index contributed by atoms with van der Waals surface area (Å²) in [6.07, 6.45) is 4.71. The number of thioether (sulfide) groups is 1. The van der Waals surface area contributed by atoms with Crippen LogP contribution in [0.15, 0.2) is 52.9 Å². The lowest BCUT2D eigenvalue weighted by Gasteiger charge is -2.08. The number of aromatic nitrogens is 3. The standard InChI is InChI=1S/C30H34ClN9O5S/c1-15-21(13-34-24(15)28(42)33-10-8-23(32)40-45)38-30(44)26-17(3)22(14-36-26)39-29(43)25-16(2)20(12-35-25)37-27(41)18-4-6-19(7-5-18)46-11-9-31/h4-7,12-14,34-36,45H,8-11H2,1-3H3,(H2,32,40)(H,33,42)(H,37,41)(H,38,44)(H,39,43). The highest BCUT2D eigenvalue weighted by atomic mass is 35.5. The summed E-state index contributed by atoms with van der Waals surface area (Å²) in [5, 5.41) is 22.5. The fourth-order valence-corrected chi connectivity index (χ4v) is 5.32. The van der Waals surface area contributed by atoms with Crippen LogP contribution in [0.1, 0.15) is 64.9 Å². The molecule has 0 aliphatic heterocycles. The Morgan fingerprint density at radius 3 is 1.70 bits per heavy atom. The van der Waals surface area contributed by atoms with Crippen LogP contribution in [0, 0.1) is 20.8 Å². The summed E-state index contributed by atoms with van der Waals surface area (Å²) < 4.78 is 0. The van der Waals surface area contributed by atoms with Crippen molar-refractivity contribution in [2.75, 3.05) is 34.1 Å². The van der Waals surface area contributed by atoms with Crippen LogP contribution < -0.4 is 27.0 Å². The summed E-state index contributed by atoms with van der Waals surface area (Å²) >= 11 is 7.34. The van der Waals surface area contributed by atoms with Crippen molar-refractivity contribution in [3.05, 3.63) is 82.2 Å². The van der Waals surface area contributed by atoms with Gasteiger partial charge in [0.2, 0.25) is 0 Å². The second kappa shape index (κ2) is 15.2. The molecule has 0 aliphatic carbocycles. The van der Waals surface area contributed by atoms with E-state index in [0.29, 0.717) is 45.2 Å². The predicted molar refractivity (Wildman–Crippen MR) is 179 cm³/mol. The van der Waals surface area contributed by atoms with Gasteiger partial charge in [0.15, 0.2) is 0 Å². The minimum atomic E-state index is -0.481. The molecule has 46 heavy (non-hydrogen) atoms. The van der Waals surface area contributed by atoms with Gasteiger partial charge in [0, 0.05) is 70.3 Å². The number of hydrogen-bond acceptors (Lipinski definition) is 7. The Morgan fingerprint density at radius 1 is 0.783 bits per heavy atom. The van der Waals surface area contributed by atoms with E-state index in [1.807, 2.05) is 12.1 Å². The van der Waals surface area contributed by atoms with Crippen LogP contribution in [-0.2, 0) is 0 Å². The lowest BCUT2D eigenvalue weighted by Crippen LogP contribution is -2.28. The lowest BCUT2D eigenvalue weighted by atomic mass is 10.2. The molecule has 10 N–H and O–H groups in total. The Bertz CT molecular complexity index is 1780. The number of carbonyl (C=O) groups excluding carboxylic acids is 4. The number of nitrogens with zero attached hydrogens (tertiary/aromatic N) is 1. The molecule has 3 heterocycles. The summed E-state index contributed by atoms with van der Waals surface area (Å²) in [5.41, 5.74) is 9.37. The number of H-pyrrole nitrogens is 3. The predicted octanol–water partition coefficient (Wildman–Crippen LogP) is 4.55. The Labute approximate surface area is 273 Å². The molecule has 0 bridgehead atoms. The number of oxime groups is 1. The quantitative estimate of drug-likeness (QED) is 0.0247. The summed E-state index contributed by atoms with van der Waals surface area (Å²) in [6, 6.07) is 7.17. The number of aromatic amines is 3. The van der Waals surface area contributed by atoms with Gasteiger partial charge in [0.1, 0.15) is 22.9 Å². The molecule has 3 aromatic heterocycles. The zero-order valence-electron chi connectivity index (χ0n) is 25.3. The summed E-state index contributed by atoms with van der Waals surface area (Å²) in [4.78, 5) is 61.2. The largest absolute Gasteiger partial charge is 0.409 e. The van der Waals surface area contributed by atoms with E-state index >= 15 is 0 Å². The van der Waals surface area contributed by atoms with Crippen molar-refractivity contribution in [3.8, 4) is 0 Å². The van der Waals surface area contributed by atoms with Crippen LogP contribution in [0.2, 0.25) is 0 Å². The minimum absolute atomic E-state index is 0.0130. The van der Waals surface area contributed by atoms with Gasteiger partial charge in [0.05, 0.1) is 17.1 Å². The number of halogens is 1. The van der Waals surface area contributed by atoms with E-state index in [1.165, 1.54) is 12.4 Å². The van der Waals surface area contributed by atoms with Crippen molar-refractivity contribution in [3.63, 3.8) is 0 Å². The van der Waals surface area contributed by atoms with Gasteiger partial charge < -0.3 is 47.2 Å².